The Labute approximate surface area is 289 Å². The van der Waals surface area contributed by atoms with Crippen molar-refractivity contribution in [1.29, 1.82) is 0 Å². The molecule has 258 valence electrons. The van der Waals surface area contributed by atoms with Crippen molar-refractivity contribution in [2.24, 2.45) is 0 Å². The average Bonchev–Trinajstić information content (AvgIpc) is 3.07. The van der Waals surface area contributed by atoms with Gasteiger partial charge in [0.1, 0.15) is 17.3 Å². The highest BCUT2D eigenvalue weighted by atomic mass is 35.5. The maximum Gasteiger partial charge on any atom is 0.491 e. The zero-order chi connectivity index (χ0) is 35.2. The van der Waals surface area contributed by atoms with Gasteiger partial charge in [0.2, 0.25) is 0 Å². The third-order valence-electron chi connectivity index (χ3n) is 7.25. The van der Waals surface area contributed by atoms with Gasteiger partial charge in [-0.3, -0.25) is 14.4 Å². The minimum Gasteiger partial charge on any atom is -0.454 e. The number of sulfonamides is 1. The second kappa shape index (κ2) is 15.3. The third kappa shape index (κ3) is 9.32. The topological polar surface area (TPSA) is 130 Å². The number of benzene rings is 3. The Morgan fingerprint density at radius 2 is 1.61 bits per heavy atom. The van der Waals surface area contributed by atoms with Crippen LogP contribution in [0.4, 0.5) is 24.7 Å². The molecule has 0 atom stereocenters. The molecule has 1 aliphatic rings. The number of anilines is 2. The normalized spacial score (nSPS) is 13.9. The van der Waals surface area contributed by atoms with Gasteiger partial charge in [0.15, 0.2) is 5.75 Å². The molecule has 0 unspecified atom stereocenters. The van der Waals surface area contributed by atoms with Crippen LogP contribution >= 0.6 is 23.2 Å². The van der Waals surface area contributed by atoms with E-state index in [1.807, 2.05) is 18.2 Å². The molecule has 4 aromatic rings. The van der Waals surface area contributed by atoms with E-state index in [1.165, 1.54) is 36.4 Å². The van der Waals surface area contributed by atoms with Gasteiger partial charge in [-0.05, 0) is 54.6 Å². The van der Waals surface area contributed by atoms with Gasteiger partial charge < -0.3 is 19.7 Å². The summed E-state index contributed by atoms with van der Waals surface area (Å²) in [4.78, 5) is 32.8. The number of ether oxygens (including phenoxy) is 2. The van der Waals surface area contributed by atoms with Gasteiger partial charge in [0.25, 0.3) is 15.9 Å². The SMILES string of the molecule is O=C(NCCN1CCN(c2ccccn2)CC1)c1ccc(S(=O)(=O)Nc2ccccc2Oc2ccc(Cl)cc2Cl)cc1OC(=O)C(F)(F)F. The zero-order valence-corrected chi connectivity index (χ0v) is 27.7. The number of alkyl halides is 3. The number of para-hydroxylation sites is 2. The number of pyridine rings is 1. The molecule has 0 radical (unpaired) electrons. The van der Waals surface area contributed by atoms with E-state index >= 15 is 0 Å². The lowest BCUT2D eigenvalue weighted by atomic mass is 10.2. The number of hydrogen-bond donors (Lipinski definition) is 2. The van der Waals surface area contributed by atoms with Crippen LogP contribution < -0.4 is 24.4 Å². The smallest absolute Gasteiger partial charge is 0.454 e. The fraction of sp³-hybridized carbons (Fsp3) is 0.219. The average molecular weight is 739 g/mol. The van der Waals surface area contributed by atoms with Crippen LogP contribution in [0.2, 0.25) is 10.0 Å². The first-order chi connectivity index (χ1) is 23.3. The number of amides is 1. The van der Waals surface area contributed by atoms with Gasteiger partial charge >= 0.3 is 12.1 Å². The maximum absolute atomic E-state index is 13.4. The number of carbonyl (C=O) groups is 2. The molecule has 1 saturated heterocycles. The number of nitrogens with zero attached hydrogens (tertiary/aromatic N) is 3. The van der Waals surface area contributed by atoms with E-state index in [4.69, 9.17) is 27.9 Å². The molecule has 1 aliphatic heterocycles. The number of rotatable bonds is 11. The predicted molar refractivity (Wildman–Crippen MR) is 177 cm³/mol. The molecule has 0 bridgehead atoms. The highest BCUT2D eigenvalue weighted by Gasteiger charge is 2.42. The third-order valence-corrected chi connectivity index (χ3v) is 9.14. The van der Waals surface area contributed by atoms with Gasteiger partial charge in [-0.1, -0.05) is 41.4 Å². The highest BCUT2D eigenvalue weighted by molar-refractivity contribution is 7.92. The van der Waals surface area contributed by atoms with Crippen molar-refractivity contribution in [2.75, 3.05) is 48.9 Å². The Bertz CT molecular complexity index is 1930. The van der Waals surface area contributed by atoms with Crippen molar-refractivity contribution in [2.45, 2.75) is 11.1 Å². The Kier molecular flexibility index (Phi) is 11.2. The summed E-state index contributed by atoms with van der Waals surface area (Å²) in [7, 11) is -4.54. The minimum atomic E-state index is -5.42. The Morgan fingerprint density at radius 1 is 0.878 bits per heavy atom. The Hall–Kier alpha value is -4.57. The van der Waals surface area contributed by atoms with Crippen LogP contribution in [0.15, 0.2) is 90.0 Å². The van der Waals surface area contributed by atoms with Crippen molar-refractivity contribution in [3.05, 3.63) is 101 Å². The number of aromatic nitrogens is 1. The van der Waals surface area contributed by atoms with E-state index in [0.29, 0.717) is 43.8 Å². The molecule has 0 saturated carbocycles. The first-order valence-electron chi connectivity index (χ1n) is 14.6. The van der Waals surface area contributed by atoms with Crippen LogP contribution in [0.5, 0.6) is 17.2 Å². The number of nitrogens with one attached hydrogen (secondary N) is 2. The molecule has 1 amide bonds. The second-order valence-electron chi connectivity index (χ2n) is 10.6. The number of carbonyl (C=O) groups excluding carboxylic acids is 2. The molecule has 0 aliphatic carbocycles. The van der Waals surface area contributed by atoms with Gasteiger partial charge in [-0.15, -0.1) is 0 Å². The molecule has 2 N–H and O–H groups in total. The van der Waals surface area contributed by atoms with Gasteiger partial charge in [-0.2, -0.15) is 13.2 Å². The van der Waals surface area contributed by atoms with E-state index in [1.54, 1.807) is 12.3 Å². The molecule has 2 heterocycles. The van der Waals surface area contributed by atoms with Crippen molar-refractivity contribution in [3.8, 4) is 17.2 Å². The lowest BCUT2D eigenvalue weighted by molar-refractivity contribution is -0.189. The second-order valence-corrected chi connectivity index (χ2v) is 13.1. The molecule has 1 aromatic heterocycles. The van der Waals surface area contributed by atoms with Crippen LogP contribution in [0.1, 0.15) is 10.4 Å². The number of esters is 1. The summed E-state index contributed by atoms with van der Waals surface area (Å²) in [5.74, 6) is -3.34. The molecule has 5 rings (SSSR count). The van der Waals surface area contributed by atoms with Crippen LogP contribution in [0.25, 0.3) is 0 Å². The minimum absolute atomic E-state index is 0.0353. The molecule has 1 fully saturated rings. The molecule has 49 heavy (non-hydrogen) atoms. The van der Waals surface area contributed by atoms with Crippen molar-refractivity contribution >= 4 is 56.6 Å². The summed E-state index contributed by atoms with van der Waals surface area (Å²) in [5, 5.41) is 3.10. The lowest BCUT2D eigenvalue weighted by Gasteiger charge is -2.35. The van der Waals surface area contributed by atoms with Gasteiger partial charge in [0.05, 0.1) is 21.2 Å². The van der Waals surface area contributed by atoms with E-state index in [-0.39, 0.29) is 28.8 Å². The fourth-order valence-electron chi connectivity index (χ4n) is 4.78. The number of halogens is 5. The lowest BCUT2D eigenvalue weighted by Crippen LogP contribution is -2.48. The van der Waals surface area contributed by atoms with Crippen molar-refractivity contribution in [1.82, 2.24) is 15.2 Å². The monoisotopic (exact) mass is 737 g/mol. The Morgan fingerprint density at radius 3 is 2.31 bits per heavy atom. The molecule has 0 spiro atoms. The summed E-state index contributed by atoms with van der Waals surface area (Å²) in [6, 6.07) is 18.6. The number of hydrogen-bond acceptors (Lipinski definition) is 9. The van der Waals surface area contributed by atoms with Crippen LogP contribution in [0, 0.1) is 0 Å². The molecule has 17 heteroatoms. The van der Waals surface area contributed by atoms with Crippen LogP contribution in [-0.2, 0) is 14.8 Å². The van der Waals surface area contributed by atoms with E-state index in [2.05, 4.69) is 29.6 Å². The van der Waals surface area contributed by atoms with E-state index in [0.717, 1.165) is 18.0 Å². The fourth-order valence-corrected chi connectivity index (χ4v) is 6.32. The van der Waals surface area contributed by atoms with E-state index in [9.17, 15) is 31.2 Å². The quantitative estimate of drug-likeness (QED) is 0.141. The molecular formula is C32H28Cl2F3N5O6S. The van der Waals surface area contributed by atoms with E-state index < -0.39 is 44.3 Å². The van der Waals surface area contributed by atoms with Crippen molar-refractivity contribution < 1.29 is 40.7 Å². The van der Waals surface area contributed by atoms with Crippen LogP contribution in [-0.4, -0.2) is 75.6 Å². The Balaban J connectivity index is 1.29. The summed E-state index contributed by atoms with van der Waals surface area (Å²) in [6.07, 6.45) is -3.71. The standard InChI is InChI=1S/C32H28Cl2F3N5O6S/c33-21-8-11-26(24(34)19-21)47-27-6-2-1-5-25(27)40-49(45,46)22-9-10-23(28(20-22)48-31(44)32(35,36)37)30(43)39-13-14-41-15-17-42(18-16-41)29-7-3-4-12-38-29/h1-12,19-20,40H,13-18H2,(H,39,43). The highest BCUT2D eigenvalue weighted by Crippen LogP contribution is 2.36. The first kappa shape index (κ1) is 35.7. The maximum atomic E-state index is 13.4. The first-order valence-corrected chi connectivity index (χ1v) is 16.9. The van der Waals surface area contributed by atoms with Crippen LogP contribution in [0.3, 0.4) is 0 Å². The largest absolute Gasteiger partial charge is 0.491 e. The van der Waals surface area contributed by atoms with Gasteiger partial charge in [-0.25, -0.2) is 18.2 Å². The number of piperazine rings is 1. The summed E-state index contributed by atoms with van der Waals surface area (Å²) >= 11 is 12.1. The summed E-state index contributed by atoms with van der Waals surface area (Å²) in [5.41, 5.74) is -0.525. The summed E-state index contributed by atoms with van der Waals surface area (Å²) in [6.45, 7) is 3.32. The molecule has 3 aromatic carbocycles. The van der Waals surface area contributed by atoms with Gasteiger partial charge in [0, 0.05) is 56.6 Å². The molecule has 11 nitrogen and oxygen atoms in total. The predicted octanol–water partition coefficient (Wildman–Crippen LogP) is 6.00. The van der Waals surface area contributed by atoms with Crippen molar-refractivity contribution in [3.63, 3.8) is 0 Å². The zero-order valence-electron chi connectivity index (χ0n) is 25.4. The molecular weight excluding hydrogens is 710 g/mol. The summed E-state index contributed by atoms with van der Waals surface area (Å²) < 4.78 is 78.9.